The van der Waals surface area contributed by atoms with Crippen molar-refractivity contribution in [3.63, 3.8) is 0 Å². The Kier molecular flexibility index (Phi) is 7.41. The van der Waals surface area contributed by atoms with Crippen LogP contribution in [0.4, 0.5) is 0 Å². The molecule has 0 saturated heterocycles. The molecule has 0 aliphatic heterocycles. The Bertz CT molecular complexity index is 343. The van der Waals surface area contributed by atoms with Gasteiger partial charge in [0.1, 0.15) is 0 Å². The minimum absolute atomic E-state index is 0.291. The molecule has 1 unspecified atom stereocenters. The monoisotopic (exact) mass is 334 g/mol. The fourth-order valence-corrected chi connectivity index (χ4v) is 3.59. The highest BCUT2D eigenvalue weighted by Crippen LogP contribution is 2.29. The molecule has 18 heavy (non-hydrogen) atoms. The van der Waals surface area contributed by atoms with Crippen LogP contribution in [0.2, 0.25) is 0 Å². The zero-order chi connectivity index (χ0) is 13.5. The summed E-state index contributed by atoms with van der Waals surface area (Å²) in [7, 11) is 1.74. The lowest BCUT2D eigenvalue weighted by atomic mass is 10.1. The number of methoxy groups -OCH3 is 1. The Morgan fingerprint density at radius 3 is 2.67 bits per heavy atom. The highest BCUT2D eigenvalue weighted by molar-refractivity contribution is 9.10. The summed E-state index contributed by atoms with van der Waals surface area (Å²) in [5.41, 5.74) is 5.97. The first-order chi connectivity index (χ1) is 8.58. The topological polar surface area (TPSA) is 38.5 Å². The average Bonchev–Trinajstić information content (AvgIpc) is 2.72. The first-order valence-corrected chi connectivity index (χ1v) is 7.92. The SMILES string of the molecule is COCCN(CC(C)C)C(CN)c1cc(Br)cs1. The lowest BCUT2D eigenvalue weighted by Crippen LogP contribution is -2.38. The van der Waals surface area contributed by atoms with E-state index in [0.717, 1.165) is 24.2 Å². The summed E-state index contributed by atoms with van der Waals surface area (Å²) in [4.78, 5) is 3.74. The van der Waals surface area contributed by atoms with Crippen molar-refractivity contribution in [3.8, 4) is 0 Å². The zero-order valence-electron chi connectivity index (χ0n) is 11.4. The molecule has 0 aromatic carbocycles. The number of halogens is 1. The van der Waals surface area contributed by atoms with Crippen LogP contribution in [0.1, 0.15) is 24.8 Å². The van der Waals surface area contributed by atoms with Gasteiger partial charge in [0.25, 0.3) is 0 Å². The van der Waals surface area contributed by atoms with E-state index in [2.05, 4.69) is 46.1 Å². The third kappa shape index (κ3) is 4.97. The lowest BCUT2D eigenvalue weighted by molar-refractivity contribution is 0.113. The van der Waals surface area contributed by atoms with Gasteiger partial charge < -0.3 is 10.5 Å². The van der Waals surface area contributed by atoms with Crippen LogP contribution in [0.15, 0.2) is 15.9 Å². The van der Waals surface area contributed by atoms with Gasteiger partial charge in [-0.25, -0.2) is 0 Å². The molecule has 1 rings (SSSR count). The smallest absolute Gasteiger partial charge is 0.0589 e. The van der Waals surface area contributed by atoms with Crippen LogP contribution < -0.4 is 5.73 Å². The summed E-state index contributed by atoms with van der Waals surface area (Å²) in [6.45, 7) is 7.82. The molecule has 104 valence electrons. The number of rotatable bonds is 8. The van der Waals surface area contributed by atoms with Gasteiger partial charge in [0.15, 0.2) is 0 Å². The Labute approximate surface area is 122 Å². The standard InChI is InChI=1S/C13H23BrN2OS/c1-10(2)8-16(4-5-17-3)12(7-15)13-6-11(14)9-18-13/h6,9-10,12H,4-5,7-8,15H2,1-3H3. The lowest BCUT2D eigenvalue weighted by Gasteiger charge is -2.31. The maximum Gasteiger partial charge on any atom is 0.0589 e. The number of nitrogens with zero attached hydrogens (tertiary/aromatic N) is 1. The van der Waals surface area contributed by atoms with Gasteiger partial charge in [-0.3, -0.25) is 4.90 Å². The van der Waals surface area contributed by atoms with Crippen molar-refractivity contribution in [2.24, 2.45) is 11.7 Å². The van der Waals surface area contributed by atoms with E-state index in [-0.39, 0.29) is 0 Å². The molecule has 0 bridgehead atoms. The zero-order valence-corrected chi connectivity index (χ0v) is 13.8. The van der Waals surface area contributed by atoms with Crippen LogP contribution in [-0.2, 0) is 4.74 Å². The van der Waals surface area contributed by atoms with E-state index in [4.69, 9.17) is 10.5 Å². The maximum atomic E-state index is 5.97. The number of hydrogen-bond donors (Lipinski definition) is 1. The highest BCUT2D eigenvalue weighted by atomic mass is 79.9. The number of nitrogens with two attached hydrogens (primary N) is 1. The molecule has 1 heterocycles. The first-order valence-electron chi connectivity index (χ1n) is 6.25. The van der Waals surface area contributed by atoms with Gasteiger partial charge in [-0.1, -0.05) is 13.8 Å². The molecular weight excluding hydrogens is 312 g/mol. The quantitative estimate of drug-likeness (QED) is 0.793. The van der Waals surface area contributed by atoms with Crippen molar-refractivity contribution in [2.75, 3.05) is 33.4 Å². The third-order valence-corrected chi connectivity index (χ3v) is 4.56. The summed E-state index contributed by atoms with van der Waals surface area (Å²) in [5, 5.41) is 2.11. The number of thiophene rings is 1. The summed E-state index contributed by atoms with van der Waals surface area (Å²) in [6.07, 6.45) is 0. The van der Waals surface area contributed by atoms with E-state index in [9.17, 15) is 0 Å². The second-order valence-corrected chi connectivity index (χ2v) is 6.66. The fraction of sp³-hybridized carbons (Fsp3) is 0.692. The third-order valence-electron chi connectivity index (χ3n) is 2.76. The summed E-state index contributed by atoms with van der Waals surface area (Å²) in [6, 6.07) is 2.46. The molecule has 0 amide bonds. The molecule has 0 spiro atoms. The van der Waals surface area contributed by atoms with Gasteiger partial charge in [0.2, 0.25) is 0 Å². The molecule has 3 nitrogen and oxygen atoms in total. The van der Waals surface area contributed by atoms with Gasteiger partial charge in [-0.2, -0.15) is 0 Å². The largest absolute Gasteiger partial charge is 0.383 e. The first kappa shape index (κ1) is 16.1. The molecule has 5 heteroatoms. The molecular formula is C13H23BrN2OS. The van der Waals surface area contributed by atoms with Crippen molar-refractivity contribution in [2.45, 2.75) is 19.9 Å². The molecule has 1 aromatic heterocycles. The Morgan fingerprint density at radius 2 is 2.22 bits per heavy atom. The van der Waals surface area contributed by atoms with Crippen LogP contribution in [0.25, 0.3) is 0 Å². The molecule has 0 aliphatic rings. The Balaban J connectivity index is 2.78. The van der Waals surface area contributed by atoms with Crippen molar-refractivity contribution >= 4 is 27.3 Å². The van der Waals surface area contributed by atoms with E-state index in [1.54, 1.807) is 18.4 Å². The molecule has 1 aromatic rings. The molecule has 0 saturated carbocycles. The minimum atomic E-state index is 0.291. The minimum Gasteiger partial charge on any atom is -0.383 e. The predicted octanol–water partition coefficient (Wildman–Crippen LogP) is 3.11. The molecule has 0 aliphatic carbocycles. The second kappa shape index (κ2) is 8.27. The van der Waals surface area contributed by atoms with Crippen LogP contribution in [0.5, 0.6) is 0 Å². The predicted molar refractivity (Wildman–Crippen MR) is 82.1 cm³/mol. The summed E-state index contributed by atoms with van der Waals surface area (Å²) < 4.78 is 6.34. The molecule has 0 radical (unpaired) electrons. The molecule has 1 atom stereocenters. The van der Waals surface area contributed by atoms with Crippen molar-refractivity contribution in [1.82, 2.24) is 4.90 Å². The van der Waals surface area contributed by atoms with Crippen LogP contribution in [0, 0.1) is 5.92 Å². The summed E-state index contributed by atoms with van der Waals surface area (Å²) in [5.74, 6) is 0.624. The van der Waals surface area contributed by atoms with E-state index in [1.807, 2.05) is 0 Å². The van der Waals surface area contributed by atoms with Gasteiger partial charge in [0, 0.05) is 41.5 Å². The van der Waals surface area contributed by atoms with Crippen LogP contribution in [0.3, 0.4) is 0 Å². The fourth-order valence-electron chi connectivity index (χ4n) is 2.00. The number of ether oxygens (including phenoxy) is 1. The van der Waals surface area contributed by atoms with Crippen molar-refractivity contribution in [1.29, 1.82) is 0 Å². The van der Waals surface area contributed by atoms with Gasteiger partial charge in [-0.15, -0.1) is 11.3 Å². The average molecular weight is 335 g/mol. The number of hydrogen-bond acceptors (Lipinski definition) is 4. The maximum absolute atomic E-state index is 5.97. The van der Waals surface area contributed by atoms with E-state index < -0.39 is 0 Å². The van der Waals surface area contributed by atoms with Gasteiger partial charge in [0.05, 0.1) is 12.6 Å². The summed E-state index contributed by atoms with van der Waals surface area (Å²) >= 11 is 5.27. The van der Waals surface area contributed by atoms with E-state index in [1.165, 1.54) is 4.88 Å². The van der Waals surface area contributed by atoms with Gasteiger partial charge in [-0.05, 0) is 27.9 Å². The second-order valence-electron chi connectivity index (χ2n) is 4.80. The van der Waals surface area contributed by atoms with Crippen molar-refractivity contribution in [3.05, 3.63) is 20.8 Å². The van der Waals surface area contributed by atoms with E-state index in [0.29, 0.717) is 18.5 Å². The van der Waals surface area contributed by atoms with Crippen molar-refractivity contribution < 1.29 is 4.74 Å². The van der Waals surface area contributed by atoms with Crippen LogP contribution in [-0.4, -0.2) is 38.3 Å². The normalized spacial score (nSPS) is 13.5. The van der Waals surface area contributed by atoms with Crippen LogP contribution >= 0.6 is 27.3 Å². The Morgan fingerprint density at radius 1 is 1.50 bits per heavy atom. The van der Waals surface area contributed by atoms with E-state index >= 15 is 0 Å². The van der Waals surface area contributed by atoms with Gasteiger partial charge >= 0.3 is 0 Å². The Hall–Kier alpha value is 0.0600. The molecule has 2 N–H and O–H groups in total. The molecule has 0 fully saturated rings. The highest BCUT2D eigenvalue weighted by Gasteiger charge is 2.21.